The minimum atomic E-state index is -0.0106. The Balaban J connectivity index is 1.99. The molecule has 3 nitrogen and oxygen atoms in total. The molecule has 2 N–H and O–H groups in total. The number of amidine groups is 2. The van der Waals surface area contributed by atoms with Crippen LogP contribution in [0.25, 0.3) is 0 Å². The lowest BCUT2D eigenvalue weighted by Crippen LogP contribution is -2.17. The molecule has 0 aliphatic heterocycles. The fourth-order valence-electron chi connectivity index (χ4n) is 2.74. The summed E-state index contributed by atoms with van der Waals surface area (Å²) >= 11 is 3.66. The molecule has 0 amide bonds. The van der Waals surface area contributed by atoms with Crippen molar-refractivity contribution in [1.29, 1.82) is 0 Å². The topological polar surface area (TPSA) is 50.7 Å². The molecule has 0 fully saturated rings. The van der Waals surface area contributed by atoms with Crippen molar-refractivity contribution in [3.8, 4) is 0 Å². The van der Waals surface area contributed by atoms with Crippen LogP contribution in [0.15, 0.2) is 94.4 Å². The Hall–Kier alpha value is -2.46. The van der Waals surface area contributed by atoms with E-state index >= 15 is 0 Å². The third-order valence-electron chi connectivity index (χ3n) is 4.17. The highest BCUT2D eigenvalue weighted by molar-refractivity contribution is 9.09. The first-order valence-electron chi connectivity index (χ1n) is 8.68. The molecule has 0 aromatic heterocycles. The summed E-state index contributed by atoms with van der Waals surface area (Å²) in [6, 6.07) is 20.0. The maximum absolute atomic E-state index is 6.26. The number of allylic oxidation sites excluding steroid dienone is 2. The fourth-order valence-corrected chi connectivity index (χ4v) is 3.24. The van der Waals surface area contributed by atoms with Gasteiger partial charge < -0.3 is 5.73 Å². The summed E-state index contributed by atoms with van der Waals surface area (Å²) in [6.07, 6.45) is 7.29. The first-order chi connectivity index (χ1) is 12.6. The Labute approximate surface area is 163 Å². The van der Waals surface area contributed by atoms with Gasteiger partial charge in [0, 0.05) is 16.0 Å². The van der Waals surface area contributed by atoms with E-state index in [-0.39, 0.29) is 10.9 Å². The van der Waals surface area contributed by atoms with Gasteiger partial charge in [-0.3, -0.25) is 4.99 Å². The molecular formula is C22H22BrN3. The van der Waals surface area contributed by atoms with Crippen LogP contribution in [-0.2, 0) is 0 Å². The molecule has 132 valence electrons. The SMILES string of the molecule is CC(N=C(N=C(N)c1ccccc1)C1=CC(Br)CC=C1)c1ccccc1. The van der Waals surface area contributed by atoms with Gasteiger partial charge in [0.15, 0.2) is 5.84 Å². The summed E-state index contributed by atoms with van der Waals surface area (Å²) in [6.45, 7) is 2.07. The van der Waals surface area contributed by atoms with Gasteiger partial charge in [-0.1, -0.05) is 94.8 Å². The van der Waals surface area contributed by atoms with Crippen molar-refractivity contribution in [3.63, 3.8) is 0 Å². The molecule has 2 atom stereocenters. The van der Waals surface area contributed by atoms with Crippen LogP contribution in [0.5, 0.6) is 0 Å². The molecule has 0 heterocycles. The highest BCUT2D eigenvalue weighted by Gasteiger charge is 2.14. The van der Waals surface area contributed by atoms with Crippen LogP contribution in [-0.4, -0.2) is 16.5 Å². The lowest BCUT2D eigenvalue weighted by atomic mass is 10.1. The van der Waals surface area contributed by atoms with Gasteiger partial charge in [0.05, 0.1) is 6.04 Å². The summed E-state index contributed by atoms with van der Waals surface area (Å²) in [5.74, 6) is 1.12. The molecule has 1 aliphatic carbocycles. The zero-order chi connectivity index (χ0) is 18.4. The van der Waals surface area contributed by atoms with Crippen LogP contribution < -0.4 is 5.73 Å². The van der Waals surface area contributed by atoms with Gasteiger partial charge in [-0.25, -0.2) is 4.99 Å². The third-order valence-corrected chi connectivity index (χ3v) is 4.81. The monoisotopic (exact) mass is 407 g/mol. The second-order valence-electron chi connectivity index (χ2n) is 6.18. The standard InChI is InChI=1S/C22H22BrN3/c1-16(17-9-4-2-5-10-17)25-22(19-13-8-14-20(23)15-19)26-21(24)18-11-6-3-7-12-18/h2-13,15-16,20H,14H2,1H3,(H2,24,25,26). The second kappa shape index (κ2) is 8.77. The normalized spacial score (nSPS) is 19.2. The molecule has 2 aromatic rings. The van der Waals surface area contributed by atoms with Gasteiger partial charge in [0.2, 0.25) is 0 Å². The minimum absolute atomic E-state index is 0.0106. The first-order valence-corrected chi connectivity index (χ1v) is 9.60. The van der Waals surface area contributed by atoms with Crippen molar-refractivity contribution in [1.82, 2.24) is 0 Å². The van der Waals surface area contributed by atoms with E-state index in [1.807, 2.05) is 48.5 Å². The Kier molecular flexibility index (Phi) is 6.18. The molecule has 0 radical (unpaired) electrons. The van der Waals surface area contributed by atoms with Crippen molar-refractivity contribution in [2.75, 3.05) is 0 Å². The summed E-state index contributed by atoms with van der Waals surface area (Å²) < 4.78 is 0. The molecule has 1 aliphatic rings. The molecule has 4 heteroatoms. The van der Waals surface area contributed by atoms with E-state index in [1.54, 1.807) is 0 Å². The van der Waals surface area contributed by atoms with Crippen LogP contribution in [0.3, 0.4) is 0 Å². The van der Waals surface area contributed by atoms with Gasteiger partial charge in [-0.15, -0.1) is 0 Å². The lowest BCUT2D eigenvalue weighted by molar-refractivity contribution is 0.818. The highest BCUT2D eigenvalue weighted by atomic mass is 79.9. The lowest BCUT2D eigenvalue weighted by Gasteiger charge is -2.14. The van der Waals surface area contributed by atoms with Crippen molar-refractivity contribution in [3.05, 3.63) is 95.6 Å². The number of nitrogens with two attached hydrogens (primary N) is 1. The highest BCUT2D eigenvalue weighted by Crippen LogP contribution is 2.22. The third kappa shape index (κ3) is 4.79. The number of aliphatic imine (C=N–C) groups is 2. The maximum Gasteiger partial charge on any atom is 0.157 e. The van der Waals surface area contributed by atoms with Gasteiger partial charge >= 0.3 is 0 Å². The molecule has 0 spiro atoms. The van der Waals surface area contributed by atoms with Crippen molar-refractivity contribution >= 4 is 27.6 Å². The van der Waals surface area contributed by atoms with E-state index in [4.69, 9.17) is 10.7 Å². The van der Waals surface area contributed by atoms with Gasteiger partial charge in [0.1, 0.15) is 5.84 Å². The van der Waals surface area contributed by atoms with E-state index in [0.717, 1.165) is 23.1 Å². The Bertz CT molecular complexity index is 851. The zero-order valence-electron chi connectivity index (χ0n) is 14.7. The molecule has 0 bridgehead atoms. The smallest absolute Gasteiger partial charge is 0.157 e. The number of hydrogen-bond acceptors (Lipinski definition) is 1. The number of alkyl halides is 1. The van der Waals surface area contributed by atoms with Gasteiger partial charge in [0.25, 0.3) is 0 Å². The Morgan fingerprint density at radius 3 is 2.38 bits per heavy atom. The fraction of sp³-hybridized carbons (Fsp3) is 0.182. The molecular weight excluding hydrogens is 386 g/mol. The summed E-state index contributed by atoms with van der Waals surface area (Å²) in [7, 11) is 0. The molecule has 3 rings (SSSR count). The molecule has 2 unspecified atom stereocenters. The average molecular weight is 408 g/mol. The zero-order valence-corrected chi connectivity index (χ0v) is 16.3. The number of halogens is 1. The van der Waals surface area contributed by atoms with Gasteiger partial charge in [-0.2, -0.15) is 0 Å². The van der Waals surface area contributed by atoms with Gasteiger partial charge in [-0.05, 0) is 18.9 Å². The number of rotatable bonds is 4. The van der Waals surface area contributed by atoms with E-state index in [2.05, 4.69) is 58.2 Å². The van der Waals surface area contributed by atoms with E-state index in [9.17, 15) is 0 Å². The van der Waals surface area contributed by atoms with E-state index < -0.39 is 0 Å². The number of benzene rings is 2. The summed E-state index contributed by atoms with van der Waals surface area (Å²) in [4.78, 5) is 9.84. The first kappa shape index (κ1) is 18.3. The van der Waals surface area contributed by atoms with Crippen LogP contribution in [0.1, 0.15) is 30.5 Å². The largest absolute Gasteiger partial charge is 0.383 e. The molecule has 26 heavy (non-hydrogen) atoms. The molecule has 0 saturated heterocycles. The summed E-state index contributed by atoms with van der Waals surface area (Å²) in [5.41, 5.74) is 9.28. The predicted molar refractivity (Wildman–Crippen MR) is 114 cm³/mol. The van der Waals surface area contributed by atoms with Crippen LogP contribution in [0.4, 0.5) is 0 Å². The van der Waals surface area contributed by atoms with Crippen LogP contribution >= 0.6 is 15.9 Å². The quantitative estimate of drug-likeness (QED) is 0.422. The Morgan fingerprint density at radius 2 is 1.73 bits per heavy atom. The summed E-state index contributed by atoms with van der Waals surface area (Å²) in [5, 5.41) is 0. The van der Waals surface area contributed by atoms with Crippen molar-refractivity contribution in [2.24, 2.45) is 15.7 Å². The van der Waals surface area contributed by atoms with Crippen LogP contribution in [0, 0.1) is 0 Å². The van der Waals surface area contributed by atoms with E-state index in [0.29, 0.717) is 11.7 Å². The average Bonchev–Trinajstić information content (AvgIpc) is 2.68. The molecule has 0 saturated carbocycles. The number of nitrogens with zero attached hydrogens (tertiary/aromatic N) is 2. The maximum atomic E-state index is 6.26. The predicted octanol–water partition coefficient (Wildman–Crippen LogP) is 5.20. The van der Waals surface area contributed by atoms with Crippen LogP contribution in [0.2, 0.25) is 0 Å². The minimum Gasteiger partial charge on any atom is -0.383 e. The van der Waals surface area contributed by atoms with E-state index in [1.165, 1.54) is 0 Å². The molecule has 2 aromatic carbocycles. The van der Waals surface area contributed by atoms with Crippen molar-refractivity contribution in [2.45, 2.75) is 24.2 Å². The second-order valence-corrected chi connectivity index (χ2v) is 7.35. The number of hydrogen-bond donors (Lipinski definition) is 1. The Morgan fingerprint density at radius 1 is 1.08 bits per heavy atom. The van der Waals surface area contributed by atoms with Crippen molar-refractivity contribution < 1.29 is 0 Å².